The van der Waals surface area contributed by atoms with Crippen LogP contribution in [0.5, 0.6) is 0 Å². The summed E-state index contributed by atoms with van der Waals surface area (Å²) in [5.41, 5.74) is -0.0325. The number of nitrogens with zero attached hydrogens (tertiary/aromatic N) is 1. The summed E-state index contributed by atoms with van der Waals surface area (Å²) in [6.45, 7) is 3.93. The minimum atomic E-state index is -0.435. The number of anilines is 1. The maximum absolute atomic E-state index is 11.8. The molecule has 3 N–H and O–H groups in total. The molecule has 1 aromatic heterocycles. The van der Waals surface area contributed by atoms with Gasteiger partial charge in [-0.2, -0.15) is 0 Å². The van der Waals surface area contributed by atoms with E-state index in [1.165, 1.54) is 4.57 Å². The number of pyridine rings is 1. The molecule has 1 atom stereocenters. The monoisotopic (exact) mass is 267 g/mol. The van der Waals surface area contributed by atoms with Crippen LogP contribution in [-0.2, 0) is 7.05 Å². The number of carbonyl (C=O) groups excluding carboxylic acids is 1. The predicted octanol–water partition coefficient (Wildman–Crippen LogP) is 0.914. The first kappa shape index (κ1) is 15.2. The third-order valence-electron chi connectivity index (χ3n) is 2.93. The number of urea groups is 1. The van der Waals surface area contributed by atoms with E-state index in [-0.39, 0.29) is 29.8 Å². The minimum absolute atomic E-state index is 0.0101. The van der Waals surface area contributed by atoms with Crippen molar-refractivity contribution in [3.05, 3.63) is 28.7 Å². The van der Waals surface area contributed by atoms with E-state index in [1.807, 2.05) is 13.8 Å². The molecule has 0 radical (unpaired) electrons. The van der Waals surface area contributed by atoms with Crippen molar-refractivity contribution in [3.63, 3.8) is 0 Å². The number of nitrogens with one attached hydrogen (secondary N) is 2. The third kappa shape index (κ3) is 4.40. The Balaban J connectivity index is 2.69. The molecule has 0 fully saturated rings. The number of amides is 2. The first-order chi connectivity index (χ1) is 8.95. The molecular weight excluding hydrogens is 246 g/mol. The smallest absolute Gasteiger partial charge is 0.319 e. The zero-order valence-corrected chi connectivity index (χ0v) is 11.5. The van der Waals surface area contributed by atoms with Crippen molar-refractivity contribution in [2.75, 3.05) is 11.9 Å². The van der Waals surface area contributed by atoms with E-state index in [4.69, 9.17) is 5.11 Å². The lowest BCUT2D eigenvalue weighted by Crippen LogP contribution is -2.42. The highest BCUT2D eigenvalue weighted by molar-refractivity contribution is 5.89. The van der Waals surface area contributed by atoms with Gasteiger partial charge in [-0.3, -0.25) is 4.79 Å². The van der Waals surface area contributed by atoms with E-state index in [9.17, 15) is 9.59 Å². The van der Waals surface area contributed by atoms with Gasteiger partial charge in [0.1, 0.15) is 5.69 Å². The summed E-state index contributed by atoms with van der Waals surface area (Å²) in [7, 11) is 1.62. The molecule has 106 valence electrons. The molecule has 0 saturated carbocycles. The zero-order valence-electron chi connectivity index (χ0n) is 11.5. The topological polar surface area (TPSA) is 83.4 Å². The molecule has 0 saturated heterocycles. The molecule has 0 spiro atoms. The molecule has 0 aliphatic rings. The predicted molar refractivity (Wildman–Crippen MR) is 74.2 cm³/mol. The van der Waals surface area contributed by atoms with E-state index in [0.717, 1.165) is 0 Å². The fraction of sp³-hybridized carbons (Fsp3) is 0.538. The SMILES string of the molecule is CC(C)C(CCO)NC(=O)Nc1cccn(C)c1=O. The molecule has 19 heavy (non-hydrogen) atoms. The molecule has 6 heteroatoms. The summed E-state index contributed by atoms with van der Waals surface area (Å²) in [5, 5.41) is 14.2. The molecule has 1 rings (SSSR count). The van der Waals surface area contributed by atoms with Crippen molar-refractivity contribution >= 4 is 11.7 Å². The fourth-order valence-electron chi connectivity index (χ4n) is 1.73. The molecular formula is C13H21N3O3. The van der Waals surface area contributed by atoms with Crippen LogP contribution in [0.15, 0.2) is 23.1 Å². The molecule has 1 heterocycles. The summed E-state index contributed by atoms with van der Waals surface area (Å²) in [5.74, 6) is 0.205. The number of aryl methyl sites for hydroxylation is 1. The third-order valence-corrected chi connectivity index (χ3v) is 2.93. The zero-order chi connectivity index (χ0) is 14.4. The minimum Gasteiger partial charge on any atom is -0.396 e. The Labute approximate surface area is 112 Å². The maximum Gasteiger partial charge on any atom is 0.319 e. The van der Waals surface area contributed by atoms with Crippen LogP contribution < -0.4 is 16.2 Å². The molecule has 6 nitrogen and oxygen atoms in total. The van der Waals surface area contributed by atoms with Crippen LogP contribution in [0, 0.1) is 5.92 Å². The molecule has 0 aliphatic carbocycles. The Morgan fingerprint density at radius 1 is 1.47 bits per heavy atom. The van der Waals surface area contributed by atoms with Crippen molar-refractivity contribution < 1.29 is 9.90 Å². The van der Waals surface area contributed by atoms with E-state index in [0.29, 0.717) is 6.42 Å². The van der Waals surface area contributed by atoms with Gasteiger partial charge in [0.25, 0.3) is 5.56 Å². The van der Waals surface area contributed by atoms with Crippen molar-refractivity contribution in [2.24, 2.45) is 13.0 Å². The molecule has 2 amide bonds. The summed E-state index contributed by atoms with van der Waals surface area (Å²) in [6, 6.07) is 2.68. The normalized spacial score (nSPS) is 12.3. The van der Waals surface area contributed by atoms with E-state index < -0.39 is 6.03 Å². The van der Waals surface area contributed by atoms with Crippen molar-refractivity contribution in [1.29, 1.82) is 0 Å². The van der Waals surface area contributed by atoms with Gasteiger partial charge in [0.15, 0.2) is 0 Å². The van der Waals surface area contributed by atoms with Crippen LogP contribution in [0.3, 0.4) is 0 Å². The summed E-state index contributed by atoms with van der Waals surface area (Å²) in [6.07, 6.45) is 2.10. The fourth-order valence-corrected chi connectivity index (χ4v) is 1.73. The molecule has 1 aromatic rings. The Bertz CT molecular complexity index is 482. The number of carbonyl (C=O) groups is 1. The van der Waals surface area contributed by atoms with E-state index >= 15 is 0 Å². The van der Waals surface area contributed by atoms with Gasteiger partial charge in [0.05, 0.1) is 0 Å². The van der Waals surface area contributed by atoms with Crippen LogP contribution in [-0.4, -0.2) is 28.4 Å². The van der Waals surface area contributed by atoms with Gasteiger partial charge in [-0.1, -0.05) is 13.8 Å². The van der Waals surface area contributed by atoms with Gasteiger partial charge in [-0.05, 0) is 24.5 Å². The number of aliphatic hydroxyl groups is 1. The lowest BCUT2D eigenvalue weighted by molar-refractivity contribution is 0.227. The van der Waals surface area contributed by atoms with Crippen LogP contribution >= 0.6 is 0 Å². The number of aromatic nitrogens is 1. The highest BCUT2D eigenvalue weighted by Crippen LogP contribution is 2.06. The average Bonchev–Trinajstić information content (AvgIpc) is 2.34. The number of hydrogen-bond acceptors (Lipinski definition) is 3. The largest absolute Gasteiger partial charge is 0.396 e. The van der Waals surface area contributed by atoms with Crippen molar-refractivity contribution in [2.45, 2.75) is 26.3 Å². The first-order valence-electron chi connectivity index (χ1n) is 6.29. The van der Waals surface area contributed by atoms with Crippen LogP contribution in [0.2, 0.25) is 0 Å². The molecule has 0 aromatic carbocycles. The number of rotatable bonds is 5. The lowest BCUT2D eigenvalue weighted by Gasteiger charge is -2.21. The van der Waals surface area contributed by atoms with Gasteiger partial charge < -0.3 is 20.3 Å². The Morgan fingerprint density at radius 3 is 2.74 bits per heavy atom. The standard InChI is InChI=1S/C13H21N3O3/c1-9(2)10(6-8-17)14-13(19)15-11-5-4-7-16(3)12(11)18/h4-5,7,9-10,17H,6,8H2,1-3H3,(H2,14,15,19). The van der Waals surface area contributed by atoms with Gasteiger partial charge >= 0.3 is 6.03 Å². The highest BCUT2D eigenvalue weighted by Gasteiger charge is 2.16. The first-order valence-corrected chi connectivity index (χ1v) is 6.29. The van der Waals surface area contributed by atoms with Gasteiger partial charge in [-0.15, -0.1) is 0 Å². The Hall–Kier alpha value is -1.82. The van der Waals surface area contributed by atoms with Gasteiger partial charge in [0.2, 0.25) is 0 Å². The Kier molecular flexibility index (Phi) is 5.57. The average molecular weight is 267 g/mol. The van der Waals surface area contributed by atoms with Gasteiger partial charge in [-0.25, -0.2) is 4.79 Å². The Morgan fingerprint density at radius 2 is 2.16 bits per heavy atom. The second-order valence-electron chi connectivity index (χ2n) is 4.80. The molecule has 1 unspecified atom stereocenters. The molecule has 0 bridgehead atoms. The van der Waals surface area contributed by atoms with Crippen LogP contribution in [0.1, 0.15) is 20.3 Å². The second kappa shape index (κ2) is 6.94. The van der Waals surface area contributed by atoms with Crippen molar-refractivity contribution in [3.8, 4) is 0 Å². The molecule has 0 aliphatic heterocycles. The van der Waals surface area contributed by atoms with E-state index in [1.54, 1.807) is 25.4 Å². The second-order valence-corrected chi connectivity index (χ2v) is 4.80. The summed E-state index contributed by atoms with van der Waals surface area (Å²) in [4.78, 5) is 23.5. The lowest BCUT2D eigenvalue weighted by atomic mass is 10.0. The quantitative estimate of drug-likeness (QED) is 0.741. The van der Waals surface area contributed by atoms with Crippen molar-refractivity contribution in [1.82, 2.24) is 9.88 Å². The van der Waals surface area contributed by atoms with Gasteiger partial charge in [0, 0.05) is 25.9 Å². The number of hydrogen-bond donors (Lipinski definition) is 3. The van der Waals surface area contributed by atoms with Crippen LogP contribution in [0.25, 0.3) is 0 Å². The van der Waals surface area contributed by atoms with E-state index in [2.05, 4.69) is 10.6 Å². The van der Waals surface area contributed by atoms with Crippen LogP contribution in [0.4, 0.5) is 10.5 Å². The maximum atomic E-state index is 11.8. The number of aliphatic hydroxyl groups excluding tert-OH is 1. The summed E-state index contributed by atoms with van der Waals surface area (Å²) < 4.78 is 1.39. The summed E-state index contributed by atoms with van der Waals surface area (Å²) >= 11 is 0. The highest BCUT2D eigenvalue weighted by atomic mass is 16.3.